The molecule has 25 heavy (non-hydrogen) atoms. The number of hydrogen-bond donors (Lipinski definition) is 1. The standard InChI is InChI=1S/C22H35IO2/c1-6-8-20-16(5)18(7-2)22(10-11-22)21(25-20)14-17(9-12-23)19(24)13-15(3)4/h6-7,10-11,15-21,24H,1-2,8-9,12-14H2,3-5H3/t16-,17-,18-,19?,20?,21+/m0/s1. The summed E-state index contributed by atoms with van der Waals surface area (Å²) in [6, 6.07) is 0. The molecule has 1 N–H and O–H groups in total. The Bertz CT molecular complexity index is 478. The summed E-state index contributed by atoms with van der Waals surface area (Å²) in [4.78, 5) is 0. The Morgan fingerprint density at radius 3 is 2.48 bits per heavy atom. The summed E-state index contributed by atoms with van der Waals surface area (Å²) >= 11 is 2.42. The molecular weight excluding hydrogens is 423 g/mol. The van der Waals surface area contributed by atoms with Crippen molar-refractivity contribution in [1.29, 1.82) is 0 Å². The van der Waals surface area contributed by atoms with E-state index in [1.165, 1.54) is 0 Å². The summed E-state index contributed by atoms with van der Waals surface area (Å²) in [7, 11) is 0. The molecule has 1 heterocycles. The highest BCUT2D eigenvalue weighted by Crippen LogP contribution is 2.57. The van der Waals surface area contributed by atoms with Gasteiger partial charge in [-0.05, 0) is 53.8 Å². The normalized spacial score (nSPS) is 32.6. The van der Waals surface area contributed by atoms with E-state index >= 15 is 0 Å². The van der Waals surface area contributed by atoms with Gasteiger partial charge in [-0.1, -0.05) is 67.7 Å². The van der Waals surface area contributed by atoms with Gasteiger partial charge >= 0.3 is 0 Å². The van der Waals surface area contributed by atoms with Crippen molar-refractivity contribution in [3.05, 3.63) is 37.5 Å². The van der Waals surface area contributed by atoms with Crippen molar-refractivity contribution in [2.24, 2.45) is 29.1 Å². The number of ether oxygens (including phenoxy) is 1. The molecule has 2 aliphatic rings. The van der Waals surface area contributed by atoms with Gasteiger partial charge in [-0.2, -0.15) is 0 Å². The molecule has 0 amide bonds. The van der Waals surface area contributed by atoms with E-state index in [1.807, 2.05) is 6.08 Å². The van der Waals surface area contributed by atoms with E-state index < -0.39 is 0 Å². The summed E-state index contributed by atoms with van der Waals surface area (Å²) < 4.78 is 7.66. The van der Waals surface area contributed by atoms with E-state index in [2.05, 4.69) is 74.7 Å². The quantitative estimate of drug-likeness (QED) is 0.264. The van der Waals surface area contributed by atoms with Gasteiger partial charge in [0.15, 0.2) is 0 Å². The average molecular weight is 458 g/mol. The second kappa shape index (κ2) is 9.18. The monoisotopic (exact) mass is 458 g/mol. The Labute approximate surface area is 167 Å². The van der Waals surface area contributed by atoms with Crippen LogP contribution in [0.2, 0.25) is 0 Å². The van der Waals surface area contributed by atoms with Crippen molar-refractivity contribution in [2.75, 3.05) is 4.43 Å². The van der Waals surface area contributed by atoms with E-state index in [0.29, 0.717) is 23.7 Å². The minimum Gasteiger partial charge on any atom is -0.393 e. The largest absolute Gasteiger partial charge is 0.393 e. The Balaban J connectivity index is 2.16. The van der Waals surface area contributed by atoms with Gasteiger partial charge in [0.25, 0.3) is 0 Å². The van der Waals surface area contributed by atoms with Gasteiger partial charge in [-0.15, -0.1) is 13.2 Å². The van der Waals surface area contributed by atoms with Crippen molar-refractivity contribution in [2.45, 2.75) is 64.8 Å². The van der Waals surface area contributed by atoms with E-state index in [9.17, 15) is 5.11 Å². The molecule has 0 aromatic heterocycles. The van der Waals surface area contributed by atoms with Crippen LogP contribution in [0.5, 0.6) is 0 Å². The maximum Gasteiger partial charge on any atom is 0.0713 e. The van der Waals surface area contributed by atoms with Gasteiger partial charge < -0.3 is 9.84 Å². The van der Waals surface area contributed by atoms with Crippen LogP contribution in [0.15, 0.2) is 37.5 Å². The third-order valence-electron chi connectivity index (χ3n) is 6.09. The lowest BCUT2D eigenvalue weighted by atomic mass is 9.68. The van der Waals surface area contributed by atoms with Crippen LogP contribution in [-0.2, 0) is 4.74 Å². The summed E-state index contributed by atoms with van der Waals surface area (Å²) in [6.07, 6.45) is 12.5. The van der Waals surface area contributed by atoms with Crippen molar-refractivity contribution in [3.63, 3.8) is 0 Å². The van der Waals surface area contributed by atoms with E-state index in [1.54, 1.807) is 0 Å². The molecule has 1 saturated heterocycles. The third-order valence-corrected chi connectivity index (χ3v) is 6.71. The second-order valence-electron chi connectivity index (χ2n) is 8.31. The van der Waals surface area contributed by atoms with Crippen molar-refractivity contribution in [3.8, 4) is 0 Å². The molecule has 1 aliphatic heterocycles. The molecule has 0 radical (unpaired) electrons. The molecule has 0 aromatic carbocycles. The fourth-order valence-corrected chi connectivity index (χ4v) is 5.36. The van der Waals surface area contributed by atoms with Crippen LogP contribution in [0.1, 0.15) is 46.5 Å². The van der Waals surface area contributed by atoms with Crippen LogP contribution in [0.3, 0.4) is 0 Å². The van der Waals surface area contributed by atoms with E-state index in [-0.39, 0.29) is 23.7 Å². The zero-order valence-corrected chi connectivity index (χ0v) is 18.2. The van der Waals surface area contributed by atoms with Gasteiger partial charge in [-0.3, -0.25) is 0 Å². The number of allylic oxidation sites excluding steroid dienone is 1. The maximum absolute atomic E-state index is 10.8. The fraction of sp³-hybridized carbons (Fsp3) is 0.727. The van der Waals surface area contributed by atoms with E-state index in [4.69, 9.17) is 4.74 Å². The number of aliphatic hydroxyl groups is 1. The SMILES string of the molecule is C=CCC1O[C@H](C[C@H](CCI)C(O)CC(C)C)C2(C=C2)[C@@H](C=C)[C@@H]1C. The van der Waals surface area contributed by atoms with Crippen LogP contribution < -0.4 is 0 Å². The zero-order valence-electron chi connectivity index (χ0n) is 16.0. The molecule has 0 bridgehead atoms. The first-order valence-electron chi connectivity index (χ1n) is 9.72. The van der Waals surface area contributed by atoms with Crippen molar-refractivity contribution in [1.82, 2.24) is 0 Å². The Morgan fingerprint density at radius 2 is 2.00 bits per heavy atom. The minimum absolute atomic E-state index is 0.0277. The molecule has 6 atom stereocenters. The molecular formula is C22H35IO2. The lowest BCUT2D eigenvalue weighted by Gasteiger charge is -2.47. The molecule has 2 rings (SSSR count). The van der Waals surface area contributed by atoms with Crippen LogP contribution in [0.4, 0.5) is 0 Å². The van der Waals surface area contributed by atoms with Gasteiger partial charge in [-0.25, -0.2) is 0 Å². The number of halogens is 1. The van der Waals surface area contributed by atoms with Crippen LogP contribution in [0, 0.1) is 29.1 Å². The maximum atomic E-state index is 10.8. The van der Waals surface area contributed by atoms with Crippen molar-refractivity contribution < 1.29 is 9.84 Å². The summed E-state index contributed by atoms with van der Waals surface area (Å²) in [5.74, 6) is 1.66. The molecule has 0 aromatic rings. The summed E-state index contributed by atoms with van der Waals surface area (Å²) in [5.41, 5.74) is 0.0277. The minimum atomic E-state index is -0.242. The molecule has 0 saturated carbocycles. The number of aliphatic hydroxyl groups excluding tert-OH is 1. The van der Waals surface area contributed by atoms with E-state index in [0.717, 1.165) is 30.1 Å². The van der Waals surface area contributed by atoms with Gasteiger partial charge in [0.05, 0.1) is 18.3 Å². The van der Waals surface area contributed by atoms with Crippen LogP contribution in [0.25, 0.3) is 0 Å². The highest BCUT2D eigenvalue weighted by atomic mass is 127. The lowest BCUT2D eigenvalue weighted by Crippen LogP contribution is -2.49. The smallest absolute Gasteiger partial charge is 0.0713 e. The number of hydrogen-bond acceptors (Lipinski definition) is 2. The predicted octanol–water partition coefficient (Wildman–Crippen LogP) is 5.56. The zero-order chi connectivity index (χ0) is 18.6. The lowest BCUT2D eigenvalue weighted by molar-refractivity contribution is -0.143. The van der Waals surface area contributed by atoms with Gasteiger partial charge in [0, 0.05) is 5.41 Å². The van der Waals surface area contributed by atoms with Gasteiger partial charge in [0.1, 0.15) is 0 Å². The first kappa shape index (κ1) is 21.2. The third kappa shape index (κ3) is 4.78. The topological polar surface area (TPSA) is 29.5 Å². The number of rotatable bonds is 10. The first-order valence-corrected chi connectivity index (χ1v) is 11.3. The highest BCUT2D eigenvalue weighted by Gasteiger charge is 2.55. The Morgan fingerprint density at radius 1 is 1.32 bits per heavy atom. The van der Waals surface area contributed by atoms with Crippen LogP contribution in [-0.4, -0.2) is 27.8 Å². The molecule has 2 unspecified atom stereocenters. The second-order valence-corrected chi connectivity index (χ2v) is 9.39. The molecule has 142 valence electrons. The van der Waals surface area contributed by atoms with Crippen molar-refractivity contribution >= 4 is 22.6 Å². The first-order chi connectivity index (χ1) is 11.9. The summed E-state index contributed by atoms with van der Waals surface area (Å²) in [5, 5.41) is 10.8. The molecule has 1 spiro atoms. The fourth-order valence-electron chi connectivity index (χ4n) is 4.56. The molecule has 1 aliphatic carbocycles. The number of alkyl halides is 1. The molecule has 1 fully saturated rings. The predicted molar refractivity (Wildman–Crippen MR) is 115 cm³/mol. The highest BCUT2D eigenvalue weighted by molar-refractivity contribution is 14.1. The Kier molecular flexibility index (Phi) is 7.78. The Hall–Kier alpha value is -0.130. The van der Waals surface area contributed by atoms with Crippen LogP contribution >= 0.6 is 22.6 Å². The average Bonchev–Trinajstić information content (AvgIpc) is 3.32. The molecule has 3 heteroatoms. The molecule has 2 nitrogen and oxygen atoms in total. The van der Waals surface area contributed by atoms with Gasteiger partial charge in [0.2, 0.25) is 0 Å². The summed E-state index contributed by atoms with van der Waals surface area (Å²) in [6.45, 7) is 14.7.